The Morgan fingerprint density at radius 1 is 0.824 bits per heavy atom. The zero-order valence-corrected chi connectivity index (χ0v) is 8.83. The second kappa shape index (κ2) is 3.36. The summed E-state index contributed by atoms with van der Waals surface area (Å²) in [5, 5.41) is 0. The highest BCUT2D eigenvalue weighted by molar-refractivity contribution is 5.74. The second-order valence-electron chi connectivity index (χ2n) is 4.12. The van der Waals surface area contributed by atoms with E-state index in [1.54, 1.807) is 30.3 Å². The average molecular weight is 234 g/mol. The molecule has 0 N–H and O–H groups in total. The van der Waals surface area contributed by atoms with Crippen molar-refractivity contribution >= 4 is 0 Å². The smallest absolute Gasteiger partial charge is 0.235 e. The molecule has 3 heteroatoms. The summed E-state index contributed by atoms with van der Waals surface area (Å²) >= 11 is 0. The van der Waals surface area contributed by atoms with Crippen LogP contribution in [-0.4, -0.2) is 0 Å². The molecule has 86 valence electrons. The number of alkyl halides is 3. The molecule has 1 aliphatic carbocycles. The van der Waals surface area contributed by atoms with E-state index < -0.39 is 12.1 Å². The third kappa shape index (κ3) is 1.32. The van der Waals surface area contributed by atoms with Gasteiger partial charge in [-0.1, -0.05) is 48.5 Å². The molecule has 0 radical (unpaired) electrons. The number of rotatable bonds is 0. The predicted octanol–water partition coefficient (Wildman–Crippen LogP) is 4.47. The number of hydrogen-bond acceptors (Lipinski definition) is 0. The molecule has 1 unspecified atom stereocenters. The van der Waals surface area contributed by atoms with E-state index in [1.165, 1.54) is 18.2 Å². The van der Waals surface area contributed by atoms with Gasteiger partial charge in [0.1, 0.15) is 0 Å². The van der Waals surface area contributed by atoms with Gasteiger partial charge in [0.05, 0.1) is 0 Å². The molecule has 0 bridgehead atoms. The van der Waals surface area contributed by atoms with Crippen molar-refractivity contribution in [1.29, 1.82) is 0 Å². The quantitative estimate of drug-likeness (QED) is 0.630. The summed E-state index contributed by atoms with van der Waals surface area (Å²) in [5.74, 6) is -3.45. The third-order valence-corrected chi connectivity index (χ3v) is 3.13. The van der Waals surface area contributed by atoms with Gasteiger partial charge < -0.3 is 0 Å². The van der Waals surface area contributed by atoms with Gasteiger partial charge in [-0.2, -0.15) is 8.78 Å². The number of fused-ring (bicyclic) bond motifs is 3. The minimum absolute atomic E-state index is 0.0659. The largest absolute Gasteiger partial charge is 0.308 e. The first kappa shape index (κ1) is 10.4. The summed E-state index contributed by atoms with van der Waals surface area (Å²) in [6.45, 7) is 0. The lowest BCUT2D eigenvalue weighted by Crippen LogP contribution is -2.25. The van der Waals surface area contributed by atoms with Crippen LogP contribution in [0.25, 0.3) is 11.1 Å². The van der Waals surface area contributed by atoms with Gasteiger partial charge in [-0.15, -0.1) is 0 Å². The van der Waals surface area contributed by atoms with E-state index in [0.29, 0.717) is 11.1 Å². The fourth-order valence-electron chi connectivity index (χ4n) is 2.30. The summed E-state index contributed by atoms with van der Waals surface area (Å²) in [5.41, 5.74) is 0.811. The van der Waals surface area contributed by atoms with E-state index in [-0.39, 0.29) is 11.1 Å². The summed E-state index contributed by atoms with van der Waals surface area (Å²) in [6, 6.07) is 12.5. The van der Waals surface area contributed by atoms with E-state index in [4.69, 9.17) is 0 Å². The van der Waals surface area contributed by atoms with Crippen molar-refractivity contribution in [3.05, 3.63) is 59.7 Å². The maximum absolute atomic E-state index is 13.9. The van der Waals surface area contributed by atoms with Gasteiger partial charge in [0.25, 0.3) is 0 Å². The van der Waals surface area contributed by atoms with Crippen LogP contribution in [0.15, 0.2) is 48.5 Å². The van der Waals surface area contributed by atoms with E-state index in [1.807, 2.05) is 0 Å². The molecule has 1 aliphatic rings. The van der Waals surface area contributed by atoms with Crippen LogP contribution < -0.4 is 0 Å². The first-order chi connectivity index (χ1) is 8.12. The van der Waals surface area contributed by atoms with Crippen LogP contribution in [0.1, 0.15) is 17.3 Å². The number of benzene rings is 2. The van der Waals surface area contributed by atoms with E-state index in [2.05, 4.69) is 0 Å². The molecule has 0 aliphatic heterocycles. The maximum atomic E-state index is 13.9. The molecule has 0 spiro atoms. The summed E-state index contributed by atoms with van der Waals surface area (Å²) in [7, 11) is 0. The zero-order chi connectivity index (χ0) is 12.0. The Kier molecular flexibility index (Phi) is 2.05. The molecule has 1 atom stereocenters. The standard InChI is InChI=1S/C14H9F3/c15-13-11-7-2-1-5-9(11)10-6-3-4-8-12(10)14(13,16)17/h1-8,13H. The van der Waals surface area contributed by atoms with Crippen molar-refractivity contribution in [2.45, 2.75) is 12.1 Å². The molecule has 0 aromatic heterocycles. The molecule has 0 amide bonds. The highest BCUT2D eigenvalue weighted by Crippen LogP contribution is 2.52. The zero-order valence-electron chi connectivity index (χ0n) is 8.83. The van der Waals surface area contributed by atoms with Gasteiger partial charge in [-0.3, -0.25) is 0 Å². The first-order valence-corrected chi connectivity index (χ1v) is 5.33. The summed E-state index contributed by atoms with van der Waals surface area (Å²) < 4.78 is 41.7. The Balaban J connectivity index is 2.37. The van der Waals surface area contributed by atoms with Crippen molar-refractivity contribution in [2.75, 3.05) is 0 Å². The summed E-state index contributed by atoms with van der Waals surface area (Å²) in [4.78, 5) is 0. The fraction of sp³-hybridized carbons (Fsp3) is 0.143. The van der Waals surface area contributed by atoms with Crippen LogP contribution >= 0.6 is 0 Å². The van der Waals surface area contributed by atoms with E-state index in [9.17, 15) is 13.2 Å². The monoisotopic (exact) mass is 234 g/mol. The van der Waals surface area contributed by atoms with Crippen LogP contribution in [0.3, 0.4) is 0 Å². The van der Waals surface area contributed by atoms with Gasteiger partial charge in [0.2, 0.25) is 0 Å². The topological polar surface area (TPSA) is 0 Å². The van der Waals surface area contributed by atoms with Gasteiger partial charge in [0.15, 0.2) is 6.17 Å². The Morgan fingerprint density at radius 2 is 1.41 bits per heavy atom. The molecule has 0 nitrogen and oxygen atoms in total. The minimum Gasteiger partial charge on any atom is -0.235 e. The molecular formula is C14H9F3. The van der Waals surface area contributed by atoms with Gasteiger partial charge >= 0.3 is 5.92 Å². The molecule has 0 fully saturated rings. The lowest BCUT2D eigenvalue weighted by molar-refractivity contribution is -0.0822. The number of hydrogen-bond donors (Lipinski definition) is 0. The van der Waals surface area contributed by atoms with Gasteiger partial charge in [0, 0.05) is 11.1 Å². The van der Waals surface area contributed by atoms with Crippen molar-refractivity contribution in [2.24, 2.45) is 0 Å². The van der Waals surface area contributed by atoms with Crippen LogP contribution in [0.4, 0.5) is 13.2 Å². The molecular weight excluding hydrogens is 225 g/mol. The molecule has 2 aromatic carbocycles. The van der Waals surface area contributed by atoms with Crippen LogP contribution in [0, 0.1) is 0 Å². The SMILES string of the molecule is FC1c2ccccc2-c2ccccc2C1(F)F. The number of halogens is 3. The van der Waals surface area contributed by atoms with Crippen molar-refractivity contribution in [1.82, 2.24) is 0 Å². The summed E-state index contributed by atoms with van der Waals surface area (Å²) in [6.07, 6.45) is -2.27. The Hall–Kier alpha value is -1.77. The Labute approximate surface area is 96.7 Å². The van der Waals surface area contributed by atoms with E-state index in [0.717, 1.165) is 0 Å². The van der Waals surface area contributed by atoms with E-state index >= 15 is 0 Å². The highest BCUT2D eigenvalue weighted by atomic mass is 19.3. The van der Waals surface area contributed by atoms with Crippen molar-refractivity contribution in [3.63, 3.8) is 0 Å². The fourth-order valence-corrected chi connectivity index (χ4v) is 2.30. The predicted molar refractivity (Wildman–Crippen MR) is 59.6 cm³/mol. The molecule has 0 heterocycles. The maximum Gasteiger partial charge on any atom is 0.308 e. The normalized spacial score (nSPS) is 20.5. The van der Waals surface area contributed by atoms with Crippen molar-refractivity contribution < 1.29 is 13.2 Å². The Bertz CT molecular complexity index is 575. The van der Waals surface area contributed by atoms with Crippen LogP contribution in [0.5, 0.6) is 0 Å². The highest BCUT2D eigenvalue weighted by Gasteiger charge is 2.48. The Morgan fingerprint density at radius 3 is 2.18 bits per heavy atom. The third-order valence-electron chi connectivity index (χ3n) is 3.13. The molecule has 3 rings (SSSR count). The second-order valence-corrected chi connectivity index (χ2v) is 4.12. The van der Waals surface area contributed by atoms with Crippen LogP contribution in [0.2, 0.25) is 0 Å². The molecule has 0 saturated heterocycles. The lowest BCUT2D eigenvalue weighted by atomic mass is 9.82. The van der Waals surface area contributed by atoms with Gasteiger partial charge in [-0.25, -0.2) is 4.39 Å². The lowest BCUT2D eigenvalue weighted by Gasteiger charge is -2.30. The van der Waals surface area contributed by atoms with Crippen molar-refractivity contribution in [3.8, 4) is 11.1 Å². The molecule has 17 heavy (non-hydrogen) atoms. The first-order valence-electron chi connectivity index (χ1n) is 5.33. The molecule has 0 saturated carbocycles. The average Bonchev–Trinajstić information content (AvgIpc) is 2.37. The minimum atomic E-state index is -3.45. The van der Waals surface area contributed by atoms with Crippen LogP contribution in [-0.2, 0) is 5.92 Å². The van der Waals surface area contributed by atoms with Gasteiger partial charge in [-0.05, 0) is 11.1 Å². The molecule has 2 aromatic rings.